The molecule has 1 saturated carbocycles. The van der Waals surface area contributed by atoms with Gasteiger partial charge in [0.2, 0.25) is 5.89 Å². The molecule has 1 aliphatic heterocycles. The summed E-state index contributed by atoms with van der Waals surface area (Å²) in [5.41, 5.74) is 0. The molecule has 100 valence electrons. The molecular formula is C13H21N3O2. The summed E-state index contributed by atoms with van der Waals surface area (Å²) < 4.78 is 5.26. The molecule has 1 atom stereocenters. The molecule has 0 spiro atoms. The van der Waals surface area contributed by atoms with Crippen LogP contribution in [-0.2, 0) is 6.54 Å². The van der Waals surface area contributed by atoms with Crippen molar-refractivity contribution in [2.75, 3.05) is 13.1 Å². The third-order valence-corrected chi connectivity index (χ3v) is 4.09. The fourth-order valence-electron chi connectivity index (χ4n) is 2.62. The first-order chi connectivity index (χ1) is 8.72. The topological polar surface area (TPSA) is 62.4 Å². The summed E-state index contributed by atoms with van der Waals surface area (Å²) in [4.78, 5) is 6.80. The third-order valence-electron chi connectivity index (χ3n) is 4.09. The summed E-state index contributed by atoms with van der Waals surface area (Å²) in [6.07, 6.45) is 4.33. The number of hydrogen-bond acceptors (Lipinski definition) is 5. The molecule has 1 aromatic rings. The predicted molar refractivity (Wildman–Crippen MR) is 66.0 cm³/mol. The molecule has 1 unspecified atom stereocenters. The Morgan fingerprint density at radius 1 is 1.33 bits per heavy atom. The maximum atomic E-state index is 9.57. The van der Waals surface area contributed by atoms with E-state index in [4.69, 9.17) is 4.52 Å². The van der Waals surface area contributed by atoms with Crippen molar-refractivity contribution >= 4 is 0 Å². The number of aliphatic hydroxyl groups is 1. The van der Waals surface area contributed by atoms with Crippen molar-refractivity contribution in [3.05, 3.63) is 11.7 Å². The summed E-state index contributed by atoms with van der Waals surface area (Å²) in [6.45, 7) is 4.70. The van der Waals surface area contributed by atoms with E-state index in [0.717, 1.165) is 44.2 Å². The Morgan fingerprint density at radius 2 is 2.06 bits per heavy atom. The minimum Gasteiger partial charge on any atom is -0.393 e. The van der Waals surface area contributed by atoms with Gasteiger partial charge in [-0.3, -0.25) is 4.90 Å². The highest BCUT2D eigenvalue weighted by atomic mass is 16.5. The second-order valence-electron chi connectivity index (χ2n) is 5.68. The molecule has 1 N–H and O–H groups in total. The number of rotatable bonds is 4. The highest BCUT2D eigenvalue weighted by molar-refractivity contribution is 5.01. The lowest BCUT2D eigenvalue weighted by Gasteiger charge is -2.32. The SMILES string of the molecule is CC(O)C1CCN(Cc2noc(C3CC3)n2)CC1. The predicted octanol–water partition coefficient (Wildman–Crippen LogP) is 1.54. The van der Waals surface area contributed by atoms with Crippen LogP contribution in [0.1, 0.15) is 50.2 Å². The number of piperidine rings is 1. The minimum absolute atomic E-state index is 0.182. The largest absolute Gasteiger partial charge is 0.393 e. The Labute approximate surface area is 107 Å². The molecule has 5 heteroatoms. The van der Waals surface area contributed by atoms with E-state index in [1.54, 1.807) is 0 Å². The zero-order valence-electron chi connectivity index (χ0n) is 10.9. The van der Waals surface area contributed by atoms with Crippen LogP contribution in [0.15, 0.2) is 4.52 Å². The van der Waals surface area contributed by atoms with Crippen LogP contribution in [0.3, 0.4) is 0 Å². The first-order valence-corrected chi connectivity index (χ1v) is 6.95. The Morgan fingerprint density at radius 3 is 2.67 bits per heavy atom. The van der Waals surface area contributed by atoms with Gasteiger partial charge in [-0.15, -0.1) is 0 Å². The fraction of sp³-hybridized carbons (Fsp3) is 0.846. The summed E-state index contributed by atoms with van der Waals surface area (Å²) in [7, 11) is 0. The van der Waals surface area contributed by atoms with E-state index in [0.29, 0.717) is 11.8 Å². The molecule has 2 heterocycles. The number of hydrogen-bond donors (Lipinski definition) is 1. The normalized spacial score (nSPS) is 24.3. The fourth-order valence-corrected chi connectivity index (χ4v) is 2.62. The second-order valence-corrected chi connectivity index (χ2v) is 5.68. The van der Waals surface area contributed by atoms with Crippen LogP contribution in [0.2, 0.25) is 0 Å². The second kappa shape index (κ2) is 4.97. The van der Waals surface area contributed by atoms with Gasteiger partial charge in [0.05, 0.1) is 12.6 Å². The van der Waals surface area contributed by atoms with Crippen molar-refractivity contribution in [3.63, 3.8) is 0 Å². The van der Waals surface area contributed by atoms with Crippen molar-refractivity contribution in [3.8, 4) is 0 Å². The molecule has 1 aliphatic carbocycles. The third kappa shape index (κ3) is 2.72. The molecule has 3 rings (SSSR count). The zero-order chi connectivity index (χ0) is 12.5. The van der Waals surface area contributed by atoms with Gasteiger partial charge in [0.1, 0.15) is 0 Å². The van der Waals surface area contributed by atoms with Crippen LogP contribution in [0.5, 0.6) is 0 Å². The van der Waals surface area contributed by atoms with E-state index in [-0.39, 0.29) is 6.10 Å². The molecule has 0 bridgehead atoms. The van der Waals surface area contributed by atoms with Gasteiger partial charge in [-0.2, -0.15) is 4.98 Å². The van der Waals surface area contributed by atoms with E-state index in [2.05, 4.69) is 15.0 Å². The van der Waals surface area contributed by atoms with E-state index >= 15 is 0 Å². The van der Waals surface area contributed by atoms with Gasteiger partial charge in [-0.1, -0.05) is 5.16 Å². The average molecular weight is 251 g/mol. The van der Waals surface area contributed by atoms with Crippen LogP contribution in [0.4, 0.5) is 0 Å². The molecule has 18 heavy (non-hydrogen) atoms. The van der Waals surface area contributed by atoms with E-state index in [1.807, 2.05) is 6.92 Å². The molecule has 2 aliphatic rings. The van der Waals surface area contributed by atoms with Crippen molar-refractivity contribution in [1.82, 2.24) is 15.0 Å². The Kier molecular flexibility index (Phi) is 3.35. The molecule has 0 amide bonds. The summed E-state index contributed by atoms with van der Waals surface area (Å²) in [5.74, 6) is 2.62. The van der Waals surface area contributed by atoms with Gasteiger partial charge in [0, 0.05) is 5.92 Å². The maximum Gasteiger partial charge on any atom is 0.229 e. The van der Waals surface area contributed by atoms with Crippen LogP contribution in [0, 0.1) is 5.92 Å². The Balaban J connectivity index is 1.50. The Hall–Kier alpha value is -0.940. The van der Waals surface area contributed by atoms with Crippen molar-refractivity contribution < 1.29 is 9.63 Å². The highest BCUT2D eigenvalue weighted by Gasteiger charge is 2.30. The zero-order valence-corrected chi connectivity index (χ0v) is 10.9. The van der Waals surface area contributed by atoms with Gasteiger partial charge in [-0.25, -0.2) is 0 Å². The molecule has 0 radical (unpaired) electrons. The van der Waals surface area contributed by atoms with E-state index in [1.165, 1.54) is 12.8 Å². The standard InChI is InChI=1S/C13H21N3O2/c1-9(17)10-4-6-16(7-5-10)8-12-14-13(18-15-12)11-2-3-11/h9-11,17H,2-8H2,1H3. The quantitative estimate of drug-likeness (QED) is 0.879. The molecule has 2 fully saturated rings. The Bertz CT molecular complexity index is 393. The van der Waals surface area contributed by atoms with Gasteiger partial charge in [0.25, 0.3) is 0 Å². The lowest BCUT2D eigenvalue weighted by Crippen LogP contribution is -2.36. The van der Waals surface area contributed by atoms with Crippen LogP contribution in [0.25, 0.3) is 0 Å². The van der Waals surface area contributed by atoms with Gasteiger partial charge in [-0.05, 0) is 51.6 Å². The first kappa shape index (κ1) is 12.1. The number of aromatic nitrogens is 2. The van der Waals surface area contributed by atoms with Gasteiger partial charge < -0.3 is 9.63 Å². The lowest BCUT2D eigenvalue weighted by molar-refractivity contribution is 0.0684. The smallest absolute Gasteiger partial charge is 0.229 e. The molecular weight excluding hydrogens is 230 g/mol. The maximum absolute atomic E-state index is 9.57. The molecule has 0 aromatic carbocycles. The van der Waals surface area contributed by atoms with Crippen LogP contribution < -0.4 is 0 Å². The van der Waals surface area contributed by atoms with Gasteiger partial charge in [0.15, 0.2) is 5.82 Å². The monoisotopic (exact) mass is 251 g/mol. The van der Waals surface area contributed by atoms with Crippen molar-refractivity contribution in [2.24, 2.45) is 5.92 Å². The molecule has 1 aromatic heterocycles. The highest BCUT2D eigenvalue weighted by Crippen LogP contribution is 2.38. The summed E-state index contributed by atoms with van der Waals surface area (Å²) in [5, 5.41) is 13.6. The summed E-state index contributed by atoms with van der Waals surface area (Å²) >= 11 is 0. The van der Waals surface area contributed by atoms with E-state index < -0.39 is 0 Å². The molecule has 1 saturated heterocycles. The van der Waals surface area contributed by atoms with Crippen LogP contribution >= 0.6 is 0 Å². The average Bonchev–Trinajstić information content (AvgIpc) is 3.11. The number of nitrogens with zero attached hydrogens (tertiary/aromatic N) is 3. The minimum atomic E-state index is -0.182. The number of aliphatic hydroxyl groups excluding tert-OH is 1. The van der Waals surface area contributed by atoms with Crippen molar-refractivity contribution in [2.45, 2.75) is 51.2 Å². The first-order valence-electron chi connectivity index (χ1n) is 6.95. The molecule has 5 nitrogen and oxygen atoms in total. The van der Waals surface area contributed by atoms with Gasteiger partial charge >= 0.3 is 0 Å². The number of likely N-dealkylation sites (tertiary alicyclic amines) is 1. The lowest BCUT2D eigenvalue weighted by atomic mass is 9.92. The van der Waals surface area contributed by atoms with Crippen molar-refractivity contribution in [1.29, 1.82) is 0 Å². The van der Waals surface area contributed by atoms with E-state index in [9.17, 15) is 5.11 Å². The van der Waals surface area contributed by atoms with Crippen LogP contribution in [-0.4, -0.2) is 39.3 Å². The summed E-state index contributed by atoms with van der Waals surface area (Å²) in [6, 6.07) is 0.